The molecule has 0 bridgehead atoms. The van der Waals surface area contributed by atoms with Crippen molar-refractivity contribution in [2.45, 2.75) is 18.2 Å². The van der Waals surface area contributed by atoms with E-state index in [2.05, 4.69) is 17.0 Å². The number of rotatable bonds is 8. The van der Waals surface area contributed by atoms with Gasteiger partial charge in [0, 0.05) is 23.9 Å². The number of benzene rings is 2. The maximum Gasteiger partial charge on any atom is 0.241 e. The average molecular weight is 322 g/mol. The van der Waals surface area contributed by atoms with E-state index in [1.165, 1.54) is 0 Å². The molecular weight excluding hydrogens is 300 g/mol. The van der Waals surface area contributed by atoms with Gasteiger partial charge in [0.25, 0.3) is 0 Å². The van der Waals surface area contributed by atoms with Crippen LogP contribution in [0.15, 0.2) is 41.3 Å². The second-order valence-electron chi connectivity index (χ2n) is 4.96. The number of ether oxygens (including phenoxy) is 1. The van der Waals surface area contributed by atoms with E-state index in [0.717, 1.165) is 18.4 Å². The minimum Gasteiger partial charge on any atom is -0.496 e. The van der Waals surface area contributed by atoms with Crippen LogP contribution in [0.3, 0.4) is 0 Å². The molecule has 0 aliphatic carbocycles. The predicted octanol–water partition coefficient (Wildman–Crippen LogP) is 2.13. The fourth-order valence-electron chi connectivity index (χ4n) is 2.31. The molecule has 2 aromatic carbocycles. The molecule has 0 spiro atoms. The Morgan fingerprint density at radius 2 is 1.73 bits per heavy atom. The maximum absolute atomic E-state index is 12.5. The lowest BCUT2D eigenvalue weighted by Crippen LogP contribution is -2.32. The van der Waals surface area contributed by atoms with Crippen LogP contribution in [0.4, 0.5) is 0 Å². The van der Waals surface area contributed by atoms with Crippen LogP contribution in [0, 0.1) is 0 Å². The van der Waals surface area contributed by atoms with E-state index in [1.807, 2.05) is 18.2 Å². The Balaban J connectivity index is 2.26. The molecule has 0 aliphatic rings. The number of methoxy groups -OCH3 is 1. The number of fused-ring (bicyclic) bond motifs is 1. The molecule has 120 valence electrons. The van der Waals surface area contributed by atoms with Gasteiger partial charge in [0.05, 0.1) is 12.0 Å². The lowest BCUT2D eigenvalue weighted by Gasteiger charge is -2.12. The van der Waals surface area contributed by atoms with Gasteiger partial charge in [-0.2, -0.15) is 0 Å². The van der Waals surface area contributed by atoms with Crippen molar-refractivity contribution in [2.24, 2.45) is 0 Å². The third-order valence-electron chi connectivity index (χ3n) is 3.37. The van der Waals surface area contributed by atoms with E-state index >= 15 is 0 Å². The van der Waals surface area contributed by atoms with Crippen molar-refractivity contribution in [3.63, 3.8) is 0 Å². The highest BCUT2D eigenvalue weighted by Crippen LogP contribution is 2.30. The van der Waals surface area contributed by atoms with Gasteiger partial charge in [-0.3, -0.25) is 0 Å². The van der Waals surface area contributed by atoms with Gasteiger partial charge in [-0.1, -0.05) is 31.2 Å². The van der Waals surface area contributed by atoms with E-state index in [9.17, 15) is 8.42 Å². The largest absolute Gasteiger partial charge is 0.496 e. The summed E-state index contributed by atoms with van der Waals surface area (Å²) in [6.45, 7) is 3.93. The van der Waals surface area contributed by atoms with E-state index in [0.29, 0.717) is 24.2 Å². The Morgan fingerprint density at radius 3 is 2.41 bits per heavy atom. The van der Waals surface area contributed by atoms with Crippen molar-refractivity contribution in [2.75, 3.05) is 26.7 Å². The Bertz CT molecular complexity index is 729. The first-order valence-electron chi connectivity index (χ1n) is 7.36. The first-order valence-corrected chi connectivity index (χ1v) is 8.84. The molecular formula is C16H22N2O3S. The second kappa shape index (κ2) is 7.58. The molecule has 0 saturated heterocycles. The highest BCUT2D eigenvalue weighted by Gasteiger charge is 2.18. The zero-order valence-electron chi connectivity index (χ0n) is 12.9. The first-order chi connectivity index (χ1) is 10.6. The van der Waals surface area contributed by atoms with Crippen molar-refractivity contribution >= 4 is 20.8 Å². The molecule has 0 radical (unpaired) electrons. The summed E-state index contributed by atoms with van der Waals surface area (Å²) < 4.78 is 32.9. The highest BCUT2D eigenvalue weighted by molar-refractivity contribution is 7.89. The third kappa shape index (κ3) is 3.76. The monoisotopic (exact) mass is 322 g/mol. The average Bonchev–Trinajstić information content (AvgIpc) is 2.53. The van der Waals surface area contributed by atoms with Crippen molar-refractivity contribution < 1.29 is 13.2 Å². The topological polar surface area (TPSA) is 67.4 Å². The molecule has 0 amide bonds. The summed E-state index contributed by atoms with van der Waals surface area (Å²) in [6, 6.07) is 10.6. The van der Waals surface area contributed by atoms with Crippen LogP contribution >= 0.6 is 0 Å². The van der Waals surface area contributed by atoms with Gasteiger partial charge in [-0.15, -0.1) is 0 Å². The Labute approximate surface area is 131 Å². The number of hydrogen-bond donors (Lipinski definition) is 2. The van der Waals surface area contributed by atoms with Gasteiger partial charge in [-0.05, 0) is 25.1 Å². The van der Waals surface area contributed by atoms with Crippen molar-refractivity contribution in [1.29, 1.82) is 0 Å². The van der Waals surface area contributed by atoms with Gasteiger partial charge in [0.15, 0.2) is 0 Å². The minimum atomic E-state index is -3.54. The molecule has 0 fully saturated rings. The quantitative estimate of drug-likeness (QED) is 0.731. The van der Waals surface area contributed by atoms with E-state index in [1.54, 1.807) is 25.3 Å². The molecule has 0 unspecified atom stereocenters. The third-order valence-corrected chi connectivity index (χ3v) is 4.89. The van der Waals surface area contributed by atoms with Crippen LogP contribution in [0.2, 0.25) is 0 Å². The second-order valence-corrected chi connectivity index (χ2v) is 6.69. The van der Waals surface area contributed by atoms with Crippen molar-refractivity contribution in [3.8, 4) is 5.75 Å². The van der Waals surface area contributed by atoms with Crippen molar-refractivity contribution in [1.82, 2.24) is 10.0 Å². The van der Waals surface area contributed by atoms with Crippen LogP contribution in [0.25, 0.3) is 10.8 Å². The summed E-state index contributed by atoms with van der Waals surface area (Å²) in [5.41, 5.74) is 0. The zero-order valence-corrected chi connectivity index (χ0v) is 13.7. The minimum absolute atomic E-state index is 0.277. The van der Waals surface area contributed by atoms with E-state index in [-0.39, 0.29) is 4.90 Å². The summed E-state index contributed by atoms with van der Waals surface area (Å²) >= 11 is 0. The van der Waals surface area contributed by atoms with Crippen LogP contribution < -0.4 is 14.8 Å². The lowest BCUT2D eigenvalue weighted by molar-refractivity contribution is 0.419. The smallest absolute Gasteiger partial charge is 0.241 e. The van der Waals surface area contributed by atoms with Gasteiger partial charge < -0.3 is 10.1 Å². The van der Waals surface area contributed by atoms with Gasteiger partial charge in [-0.25, -0.2) is 13.1 Å². The SMILES string of the molecule is CCCNCCNS(=O)(=O)c1ccc(OC)c2ccccc12. The Morgan fingerprint density at radius 1 is 1.00 bits per heavy atom. The van der Waals surface area contributed by atoms with E-state index < -0.39 is 10.0 Å². The summed E-state index contributed by atoms with van der Waals surface area (Å²) in [4.78, 5) is 0.277. The molecule has 2 aromatic rings. The van der Waals surface area contributed by atoms with Crippen LogP contribution in [-0.4, -0.2) is 35.2 Å². The van der Waals surface area contributed by atoms with E-state index in [4.69, 9.17) is 4.74 Å². The number of sulfonamides is 1. The molecule has 2 rings (SSSR count). The highest BCUT2D eigenvalue weighted by atomic mass is 32.2. The fourth-order valence-corrected chi connectivity index (χ4v) is 3.55. The summed E-state index contributed by atoms with van der Waals surface area (Å²) in [5, 5.41) is 4.62. The molecule has 0 aliphatic heterocycles. The molecule has 0 heterocycles. The molecule has 5 nitrogen and oxygen atoms in total. The normalized spacial score (nSPS) is 11.7. The van der Waals surface area contributed by atoms with Crippen LogP contribution in [-0.2, 0) is 10.0 Å². The van der Waals surface area contributed by atoms with Gasteiger partial charge >= 0.3 is 0 Å². The number of nitrogens with one attached hydrogen (secondary N) is 2. The number of hydrogen-bond acceptors (Lipinski definition) is 4. The summed E-state index contributed by atoms with van der Waals surface area (Å²) in [6.07, 6.45) is 1.02. The zero-order chi connectivity index (χ0) is 16.0. The Hall–Kier alpha value is -1.63. The first kappa shape index (κ1) is 16.7. The summed E-state index contributed by atoms with van der Waals surface area (Å²) in [5.74, 6) is 0.666. The Kier molecular flexibility index (Phi) is 5.76. The molecule has 0 atom stereocenters. The molecule has 0 aromatic heterocycles. The van der Waals surface area contributed by atoms with Crippen molar-refractivity contribution in [3.05, 3.63) is 36.4 Å². The summed E-state index contributed by atoms with van der Waals surface area (Å²) in [7, 11) is -1.97. The molecule has 6 heteroatoms. The molecule has 2 N–H and O–H groups in total. The maximum atomic E-state index is 12.5. The predicted molar refractivity (Wildman–Crippen MR) is 88.8 cm³/mol. The fraction of sp³-hybridized carbons (Fsp3) is 0.375. The molecule has 0 saturated carbocycles. The van der Waals surface area contributed by atoms with Gasteiger partial charge in [0.1, 0.15) is 5.75 Å². The molecule has 22 heavy (non-hydrogen) atoms. The van der Waals surface area contributed by atoms with Gasteiger partial charge in [0.2, 0.25) is 10.0 Å². The lowest BCUT2D eigenvalue weighted by atomic mass is 10.1. The standard InChI is InChI=1S/C16H22N2O3S/c1-3-10-17-11-12-18-22(19,20)16-9-8-15(21-2)13-6-4-5-7-14(13)16/h4-9,17-18H,3,10-12H2,1-2H3. The van der Waals surface area contributed by atoms with Crippen LogP contribution in [0.1, 0.15) is 13.3 Å². The van der Waals surface area contributed by atoms with Crippen LogP contribution in [0.5, 0.6) is 5.75 Å².